The minimum atomic E-state index is -0.122. The fourth-order valence-corrected chi connectivity index (χ4v) is 2.18. The Morgan fingerprint density at radius 3 is 2.33 bits per heavy atom. The van der Waals surface area contributed by atoms with E-state index in [0.29, 0.717) is 12.2 Å². The van der Waals surface area contributed by atoms with Crippen LogP contribution in [0.15, 0.2) is 48.5 Å². The van der Waals surface area contributed by atoms with Gasteiger partial charge in [0, 0.05) is 6.04 Å². The summed E-state index contributed by atoms with van der Waals surface area (Å²) in [5, 5.41) is 22.8. The maximum absolute atomic E-state index is 9.79. The molecule has 0 radical (unpaired) electrons. The van der Waals surface area contributed by atoms with Crippen LogP contribution in [0.25, 0.3) is 0 Å². The number of benzene rings is 2. The van der Waals surface area contributed by atoms with Crippen LogP contribution in [0.4, 0.5) is 0 Å². The Morgan fingerprint density at radius 1 is 1.00 bits per heavy atom. The molecule has 112 valence electrons. The van der Waals surface area contributed by atoms with Crippen molar-refractivity contribution < 1.29 is 14.9 Å². The van der Waals surface area contributed by atoms with E-state index < -0.39 is 0 Å². The summed E-state index contributed by atoms with van der Waals surface area (Å²) in [7, 11) is 0. The van der Waals surface area contributed by atoms with E-state index in [4.69, 9.17) is 4.74 Å². The zero-order valence-corrected chi connectivity index (χ0v) is 12.1. The van der Waals surface area contributed by atoms with Gasteiger partial charge in [0.15, 0.2) is 0 Å². The summed E-state index contributed by atoms with van der Waals surface area (Å²) in [4.78, 5) is 0. The molecule has 2 rings (SSSR count). The normalized spacial score (nSPS) is 12.0. The molecule has 0 aromatic heterocycles. The predicted molar refractivity (Wildman–Crippen MR) is 82.7 cm³/mol. The molecule has 0 aliphatic carbocycles. The molecule has 0 amide bonds. The molecule has 0 fully saturated rings. The van der Waals surface area contributed by atoms with Gasteiger partial charge in [-0.1, -0.05) is 24.3 Å². The van der Waals surface area contributed by atoms with E-state index in [1.165, 1.54) is 0 Å². The number of ether oxygens (including phenoxy) is 1. The van der Waals surface area contributed by atoms with Crippen LogP contribution >= 0.6 is 0 Å². The first-order valence-electron chi connectivity index (χ1n) is 7.10. The van der Waals surface area contributed by atoms with E-state index in [9.17, 15) is 10.2 Å². The molecule has 1 unspecified atom stereocenters. The Balaban J connectivity index is 1.73. The van der Waals surface area contributed by atoms with Crippen molar-refractivity contribution in [3.8, 4) is 17.2 Å². The van der Waals surface area contributed by atoms with Gasteiger partial charge in [-0.05, 0) is 44.2 Å². The topological polar surface area (TPSA) is 61.7 Å². The first-order chi connectivity index (χ1) is 10.2. The number of phenolic OH excluding ortho intramolecular Hbond substituents is 2. The number of aromatic hydroxyl groups is 2. The average Bonchev–Trinajstić information content (AvgIpc) is 2.48. The summed E-state index contributed by atoms with van der Waals surface area (Å²) in [6.45, 7) is 3.27. The van der Waals surface area contributed by atoms with Gasteiger partial charge in [0.2, 0.25) is 0 Å². The molecule has 2 aromatic carbocycles. The summed E-state index contributed by atoms with van der Waals surface area (Å²) >= 11 is 0. The Bertz CT molecular complexity index is 537. The number of phenols is 2. The summed E-state index contributed by atoms with van der Waals surface area (Å²) in [6, 6.07) is 14.3. The van der Waals surface area contributed by atoms with Crippen LogP contribution in [-0.4, -0.2) is 23.4 Å². The highest BCUT2D eigenvalue weighted by Gasteiger charge is 2.13. The molecule has 4 heteroatoms. The Kier molecular flexibility index (Phi) is 5.46. The molecule has 0 bridgehead atoms. The highest BCUT2D eigenvalue weighted by Crippen LogP contribution is 2.31. The summed E-state index contributed by atoms with van der Waals surface area (Å²) in [5.74, 6) is 1.08. The summed E-state index contributed by atoms with van der Waals surface area (Å²) < 4.78 is 5.60. The standard InChI is InChI=1S/C17H21NO3/c1-13(17-15(19)9-5-10-16(17)20)18-11-6-12-21-14-7-3-2-4-8-14/h2-5,7-10,13,18-20H,6,11-12H2,1H3. The third-order valence-corrected chi connectivity index (χ3v) is 3.28. The molecular weight excluding hydrogens is 266 g/mol. The number of hydrogen-bond donors (Lipinski definition) is 3. The van der Waals surface area contributed by atoms with E-state index in [1.807, 2.05) is 37.3 Å². The number of rotatable bonds is 7. The number of hydrogen-bond acceptors (Lipinski definition) is 4. The predicted octanol–water partition coefficient (Wildman–Crippen LogP) is 3.22. The summed E-state index contributed by atoms with van der Waals surface area (Å²) in [6.07, 6.45) is 0.841. The Labute approximate surface area is 125 Å². The molecule has 0 saturated carbocycles. The second-order valence-corrected chi connectivity index (χ2v) is 4.90. The van der Waals surface area contributed by atoms with Gasteiger partial charge in [0.1, 0.15) is 17.2 Å². The maximum atomic E-state index is 9.79. The van der Waals surface area contributed by atoms with Crippen molar-refractivity contribution in [1.82, 2.24) is 5.32 Å². The van der Waals surface area contributed by atoms with Crippen LogP contribution in [0.2, 0.25) is 0 Å². The van der Waals surface area contributed by atoms with Gasteiger partial charge in [-0.3, -0.25) is 0 Å². The minimum Gasteiger partial charge on any atom is -0.507 e. The smallest absolute Gasteiger partial charge is 0.124 e. The second kappa shape index (κ2) is 7.55. The first-order valence-corrected chi connectivity index (χ1v) is 7.10. The van der Waals surface area contributed by atoms with Gasteiger partial charge in [-0.15, -0.1) is 0 Å². The van der Waals surface area contributed by atoms with E-state index >= 15 is 0 Å². The van der Waals surface area contributed by atoms with E-state index in [0.717, 1.165) is 18.7 Å². The summed E-state index contributed by atoms with van der Waals surface area (Å²) in [5.41, 5.74) is 0.529. The first kappa shape index (κ1) is 15.2. The van der Waals surface area contributed by atoms with Crippen molar-refractivity contribution in [3.63, 3.8) is 0 Å². The minimum absolute atomic E-state index is 0.107. The van der Waals surface area contributed by atoms with Crippen LogP contribution in [0.5, 0.6) is 17.2 Å². The molecule has 0 aliphatic heterocycles. The second-order valence-electron chi connectivity index (χ2n) is 4.90. The SMILES string of the molecule is CC(NCCCOc1ccccc1)c1c(O)cccc1O. The van der Waals surface area contributed by atoms with Gasteiger partial charge in [-0.25, -0.2) is 0 Å². The van der Waals surface area contributed by atoms with Crippen molar-refractivity contribution >= 4 is 0 Å². The molecule has 0 heterocycles. The molecule has 4 nitrogen and oxygen atoms in total. The number of nitrogens with one attached hydrogen (secondary N) is 1. The molecule has 2 aromatic rings. The molecule has 0 spiro atoms. The van der Waals surface area contributed by atoms with Gasteiger partial charge in [-0.2, -0.15) is 0 Å². The van der Waals surface area contributed by atoms with Crippen LogP contribution in [0.3, 0.4) is 0 Å². The van der Waals surface area contributed by atoms with Gasteiger partial charge in [0.25, 0.3) is 0 Å². The fourth-order valence-electron chi connectivity index (χ4n) is 2.18. The van der Waals surface area contributed by atoms with Gasteiger partial charge in [0.05, 0.1) is 12.2 Å². The zero-order chi connectivity index (χ0) is 15.1. The van der Waals surface area contributed by atoms with Crippen LogP contribution in [0, 0.1) is 0 Å². The Hall–Kier alpha value is -2.20. The third kappa shape index (κ3) is 4.39. The maximum Gasteiger partial charge on any atom is 0.124 e. The third-order valence-electron chi connectivity index (χ3n) is 3.28. The highest BCUT2D eigenvalue weighted by molar-refractivity contribution is 5.44. The molecule has 0 aliphatic rings. The zero-order valence-electron chi connectivity index (χ0n) is 12.1. The Morgan fingerprint density at radius 2 is 1.67 bits per heavy atom. The van der Waals surface area contributed by atoms with Crippen molar-refractivity contribution in [2.45, 2.75) is 19.4 Å². The fraction of sp³-hybridized carbons (Fsp3) is 0.294. The lowest BCUT2D eigenvalue weighted by Crippen LogP contribution is -2.21. The van der Waals surface area contributed by atoms with Gasteiger partial charge >= 0.3 is 0 Å². The molecular formula is C17H21NO3. The molecule has 3 N–H and O–H groups in total. The van der Waals surface area contributed by atoms with E-state index in [1.54, 1.807) is 18.2 Å². The van der Waals surface area contributed by atoms with Crippen molar-refractivity contribution in [1.29, 1.82) is 0 Å². The quantitative estimate of drug-likeness (QED) is 0.684. The van der Waals surface area contributed by atoms with Crippen molar-refractivity contribution in [2.75, 3.05) is 13.2 Å². The van der Waals surface area contributed by atoms with E-state index in [-0.39, 0.29) is 17.5 Å². The molecule has 21 heavy (non-hydrogen) atoms. The lowest BCUT2D eigenvalue weighted by atomic mass is 10.1. The highest BCUT2D eigenvalue weighted by atomic mass is 16.5. The van der Waals surface area contributed by atoms with Gasteiger partial charge < -0.3 is 20.3 Å². The largest absolute Gasteiger partial charge is 0.507 e. The molecule has 1 atom stereocenters. The lowest BCUT2D eigenvalue weighted by Gasteiger charge is -2.17. The lowest BCUT2D eigenvalue weighted by molar-refractivity contribution is 0.305. The van der Waals surface area contributed by atoms with Crippen LogP contribution < -0.4 is 10.1 Å². The van der Waals surface area contributed by atoms with Crippen molar-refractivity contribution in [2.24, 2.45) is 0 Å². The van der Waals surface area contributed by atoms with Crippen LogP contribution in [0.1, 0.15) is 24.9 Å². The van der Waals surface area contributed by atoms with E-state index in [2.05, 4.69) is 5.32 Å². The van der Waals surface area contributed by atoms with Crippen molar-refractivity contribution in [3.05, 3.63) is 54.1 Å². The number of para-hydroxylation sites is 1. The van der Waals surface area contributed by atoms with Crippen LogP contribution in [-0.2, 0) is 0 Å². The average molecular weight is 287 g/mol. The monoisotopic (exact) mass is 287 g/mol. The molecule has 0 saturated heterocycles.